The molecule has 0 radical (unpaired) electrons. The second-order valence-corrected chi connectivity index (χ2v) is 8.50. The van der Waals surface area contributed by atoms with Crippen molar-refractivity contribution in [2.45, 2.75) is 39.2 Å². The molecule has 2 amide bonds. The molecule has 178 valence electrons. The Hall–Kier alpha value is -3.39. The summed E-state index contributed by atoms with van der Waals surface area (Å²) in [6.45, 7) is 4.55. The van der Waals surface area contributed by atoms with Gasteiger partial charge in [0.25, 0.3) is 5.89 Å². The SMILES string of the molecule is CCCCCN1C(=O)NC(c2cccc(Cl)c2)C(c2nc(-c3ccc(OC)c(F)c3)no2)=C1C. The molecule has 1 aliphatic heterocycles. The Labute approximate surface area is 202 Å². The molecule has 1 unspecified atom stereocenters. The van der Waals surface area contributed by atoms with E-state index in [9.17, 15) is 9.18 Å². The van der Waals surface area contributed by atoms with Crippen molar-refractivity contribution in [2.75, 3.05) is 13.7 Å². The molecular weight excluding hydrogens is 459 g/mol. The average Bonchev–Trinajstić information content (AvgIpc) is 3.30. The van der Waals surface area contributed by atoms with Gasteiger partial charge in [0.1, 0.15) is 0 Å². The topological polar surface area (TPSA) is 80.5 Å². The van der Waals surface area contributed by atoms with Crippen LogP contribution in [0, 0.1) is 5.82 Å². The number of nitrogens with zero attached hydrogens (tertiary/aromatic N) is 3. The molecule has 0 aliphatic carbocycles. The lowest BCUT2D eigenvalue weighted by molar-refractivity contribution is 0.204. The Bertz CT molecular complexity index is 1230. The molecule has 0 spiro atoms. The Morgan fingerprint density at radius 3 is 2.76 bits per heavy atom. The molecule has 4 rings (SSSR count). The summed E-state index contributed by atoms with van der Waals surface area (Å²) in [7, 11) is 1.40. The van der Waals surface area contributed by atoms with E-state index in [1.165, 1.54) is 19.2 Å². The van der Waals surface area contributed by atoms with Crippen molar-refractivity contribution < 1.29 is 18.4 Å². The van der Waals surface area contributed by atoms with E-state index in [1.54, 1.807) is 23.1 Å². The van der Waals surface area contributed by atoms with Crippen molar-refractivity contribution in [2.24, 2.45) is 0 Å². The summed E-state index contributed by atoms with van der Waals surface area (Å²) in [5, 5.41) is 7.68. The maximum Gasteiger partial charge on any atom is 0.322 e. The number of urea groups is 1. The lowest BCUT2D eigenvalue weighted by Gasteiger charge is -2.35. The van der Waals surface area contributed by atoms with Crippen LogP contribution in [0.15, 0.2) is 52.7 Å². The smallest absolute Gasteiger partial charge is 0.322 e. The molecule has 1 N–H and O–H groups in total. The highest BCUT2D eigenvalue weighted by Gasteiger charge is 2.35. The number of allylic oxidation sites excluding steroid dienone is 1. The van der Waals surface area contributed by atoms with Crippen molar-refractivity contribution in [1.29, 1.82) is 0 Å². The van der Waals surface area contributed by atoms with Crippen molar-refractivity contribution >= 4 is 23.2 Å². The number of unbranched alkanes of at least 4 members (excludes halogenated alkanes) is 2. The fourth-order valence-electron chi connectivity index (χ4n) is 4.04. The summed E-state index contributed by atoms with van der Waals surface area (Å²) in [5.41, 5.74) is 2.64. The number of rotatable bonds is 8. The van der Waals surface area contributed by atoms with Gasteiger partial charge < -0.3 is 14.6 Å². The largest absolute Gasteiger partial charge is 0.494 e. The van der Waals surface area contributed by atoms with E-state index in [4.69, 9.17) is 20.9 Å². The average molecular weight is 485 g/mol. The Morgan fingerprint density at radius 2 is 2.06 bits per heavy atom. The molecule has 1 atom stereocenters. The van der Waals surface area contributed by atoms with Gasteiger partial charge in [-0.3, -0.25) is 4.90 Å². The monoisotopic (exact) mass is 484 g/mol. The summed E-state index contributed by atoms with van der Waals surface area (Å²) in [6.07, 6.45) is 2.93. The zero-order valence-electron chi connectivity index (χ0n) is 19.3. The van der Waals surface area contributed by atoms with Gasteiger partial charge >= 0.3 is 6.03 Å². The first kappa shape index (κ1) is 23.8. The number of hydrogen-bond acceptors (Lipinski definition) is 5. The zero-order valence-corrected chi connectivity index (χ0v) is 20.0. The quantitative estimate of drug-likeness (QED) is 0.383. The molecule has 2 heterocycles. The number of nitrogens with one attached hydrogen (secondary N) is 1. The highest BCUT2D eigenvalue weighted by Crippen LogP contribution is 2.38. The summed E-state index contributed by atoms with van der Waals surface area (Å²) < 4.78 is 24.9. The van der Waals surface area contributed by atoms with Crippen LogP contribution in [0.3, 0.4) is 0 Å². The highest BCUT2D eigenvalue weighted by molar-refractivity contribution is 6.30. The molecule has 7 nitrogen and oxygen atoms in total. The number of carbonyl (C=O) groups is 1. The van der Waals surface area contributed by atoms with Gasteiger partial charge in [-0.05, 0) is 49.2 Å². The van der Waals surface area contributed by atoms with Crippen LogP contribution in [-0.2, 0) is 0 Å². The van der Waals surface area contributed by atoms with E-state index < -0.39 is 11.9 Å². The molecule has 1 aliphatic rings. The lowest BCUT2D eigenvalue weighted by Crippen LogP contribution is -2.46. The molecule has 0 bridgehead atoms. The van der Waals surface area contributed by atoms with E-state index in [1.807, 2.05) is 19.1 Å². The fraction of sp³-hybridized carbons (Fsp3) is 0.320. The lowest BCUT2D eigenvalue weighted by atomic mass is 9.94. The molecule has 34 heavy (non-hydrogen) atoms. The molecule has 3 aromatic rings. The summed E-state index contributed by atoms with van der Waals surface area (Å²) in [6, 6.07) is 11.0. The first-order valence-electron chi connectivity index (χ1n) is 11.1. The van der Waals surface area contributed by atoms with Crippen molar-refractivity contribution in [3.05, 3.63) is 70.5 Å². The van der Waals surface area contributed by atoms with Crippen LogP contribution in [0.5, 0.6) is 5.75 Å². The predicted octanol–water partition coefficient (Wildman–Crippen LogP) is 6.23. The van der Waals surface area contributed by atoms with E-state index in [0.717, 1.165) is 30.5 Å². The number of halogens is 2. The molecule has 0 saturated heterocycles. The maximum absolute atomic E-state index is 14.2. The van der Waals surface area contributed by atoms with Crippen LogP contribution in [0.1, 0.15) is 50.6 Å². The third-order valence-electron chi connectivity index (χ3n) is 5.83. The summed E-state index contributed by atoms with van der Waals surface area (Å²) in [4.78, 5) is 19.2. The number of carbonyl (C=O) groups excluding carboxylic acids is 1. The number of methoxy groups -OCH3 is 1. The van der Waals surface area contributed by atoms with E-state index in [2.05, 4.69) is 22.4 Å². The second-order valence-electron chi connectivity index (χ2n) is 8.07. The van der Waals surface area contributed by atoms with Crippen molar-refractivity contribution in [3.8, 4) is 17.1 Å². The number of amides is 2. The van der Waals surface area contributed by atoms with Crippen molar-refractivity contribution in [3.63, 3.8) is 0 Å². The van der Waals surface area contributed by atoms with Crippen LogP contribution in [0.25, 0.3) is 17.0 Å². The maximum atomic E-state index is 14.2. The number of benzene rings is 2. The van der Waals surface area contributed by atoms with Crippen molar-refractivity contribution in [1.82, 2.24) is 20.4 Å². The predicted molar refractivity (Wildman–Crippen MR) is 128 cm³/mol. The van der Waals surface area contributed by atoms with Gasteiger partial charge in [-0.25, -0.2) is 9.18 Å². The van der Waals surface area contributed by atoms with Gasteiger partial charge in [-0.2, -0.15) is 4.98 Å². The van der Waals surface area contributed by atoms with Gasteiger partial charge in [0.2, 0.25) is 5.82 Å². The summed E-state index contributed by atoms with van der Waals surface area (Å²) in [5.74, 6) is 0.0839. The van der Waals surface area contributed by atoms with E-state index in [0.29, 0.717) is 22.7 Å². The van der Waals surface area contributed by atoms with Crippen LogP contribution in [0.4, 0.5) is 9.18 Å². The molecule has 0 saturated carbocycles. The molecule has 2 aromatic carbocycles. The third-order valence-corrected chi connectivity index (χ3v) is 6.07. The van der Waals surface area contributed by atoms with Gasteiger partial charge in [0.05, 0.1) is 18.7 Å². The number of ether oxygens (including phenoxy) is 1. The first-order valence-corrected chi connectivity index (χ1v) is 11.5. The number of aromatic nitrogens is 2. The highest BCUT2D eigenvalue weighted by atomic mass is 35.5. The summed E-state index contributed by atoms with van der Waals surface area (Å²) >= 11 is 6.23. The Kier molecular flexibility index (Phi) is 7.17. The van der Waals surface area contributed by atoms with Crippen LogP contribution in [-0.4, -0.2) is 34.7 Å². The van der Waals surface area contributed by atoms with Crippen LogP contribution in [0.2, 0.25) is 5.02 Å². The minimum atomic E-state index is -0.533. The Morgan fingerprint density at radius 1 is 1.24 bits per heavy atom. The molecule has 0 fully saturated rings. The normalized spacial score (nSPS) is 16.1. The molecule has 9 heteroatoms. The minimum absolute atomic E-state index is 0.129. The molecule has 1 aromatic heterocycles. The van der Waals surface area contributed by atoms with E-state index >= 15 is 0 Å². The van der Waals surface area contributed by atoms with Gasteiger partial charge in [0, 0.05) is 22.8 Å². The van der Waals surface area contributed by atoms with Crippen LogP contribution < -0.4 is 10.1 Å². The molecular formula is C25H26ClFN4O3. The third kappa shape index (κ3) is 4.77. The standard InChI is InChI=1S/C25H26ClFN4O3/c1-4-5-6-12-31-15(2)21(22(28-25(31)32)16-8-7-9-18(26)13-16)24-29-23(30-34-24)17-10-11-20(33-3)19(27)14-17/h7-11,13-14,22H,4-6,12H2,1-3H3,(H,28,32). The first-order chi connectivity index (χ1) is 16.4. The second kappa shape index (κ2) is 10.3. The minimum Gasteiger partial charge on any atom is -0.494 e. The van der Waals surface area contributed by atoms with E-state index in [-0.39, 0.29) is 23.5 Å². The van der Waals surface area contributed by atoms with Gasteiger partial charge in [-0.15, -0.1) is 0 Å². The zero-order chi connectivity index (χ0) is 24.2. The fourth-order valence-corrected chi connectivity index (χ4v) is 4.24. The Balaban J connectivity index is 1.77. The van der Waals surface area contributed by atoms with Gasteiger partial charge in [-0.1, -0.05) is 48.7 Å². The van der Waals surface area contributed by atoms with Crippen LogP contribution >= 0.6 is 11.6 Å². The number of hydrogen-bond donors (Lipinski definition) is 1. The van der Waals surface area contributed by atoms with Gasteiger partial charge in [0.15, 0.2) is 11.6 Å².